The molecule has 1 saturated heterocycles. The zero-order valence-electron chi connectivity index (χ0n) is 19.0. The molecule has 180 valence electrons. The van der Waals surface area contributed by atoms with Gasteiger partial charge in [0.15, 0.2) is 23.2 Å². The Hall–Kier alpha value is -3.60. The quantitative estimate of drug-likeness (QED) is 0.358. The van der Waals surface area contributed by atoms with Crippen molar-refractivity contribution in [1.29, 1.82) is 0 Å². The molecule has 2 unspecified atom stereocenters. The fourth-order valence-electron chi connectivity index (χ4n) is 4.55. The van der Waals surface area contributed by atoms with Gasteiger partial charge in [-0.2, -0.15) is 0 Å². The first-order chi connectivity index (χ1) is 17.1. The standard InChI is InChI=1S/C25H24N4O5S/c1-15(30)25(32-19-5-3-2-4-17(19)22-23-20(33-26-22)8-13-35-23)29-11-9-28(10-12-29)24-18-7-6-16(31)14-21(18)34-27-24/h2-8,13-15,25,30-31H,9-12H2,1H3. The number of aliphatic hydroxyl groups excluding tert-OH is 1. The topological polar surface area (TPSA) is 108 Å². The number of fused-ring (bicyclic) bond motifs is 2. The van der Waals surface area contributed by atoms with Gasteiger partial charge in [-0.25, -0.2) is 0 Å². The molecule has 1 aliphatic heterocycles. The Kier molecular flexibility index (Phi) is 5.56. The van der Waals surface area contributed by atoms with Crippen LogP contribution in [0.3, 0.4) is 0 Å². The van der Waals surface area contributed by atoms with Gasteiger partial charge in [-0.3, -0.25) is 4.90 Å². The lowest BCUT2D eigenvalue weighted by molar-refractivity contribution is -0.0599. The van der Waals surface area contributed by atoms with E-state index in [1.54, 1.807) is 30.4 Å². The summed E-state index contributed by atoms with van der Waals surface area (Å²) in [6, 6.07) is 14.6. The molecule has 2 atom stereocenters. The number of hydrogen-bond acceptors (Lipinski definition) is 10. The average Bonchev–Trinajstić information content (AvgIpc) is 3.59. The molecule has 4 heterocycles. The molecular weight excluding hydrogens is 468 g/mol. The molecule has 1 aliphatic rings. The highest BCUT2D eigenvalue weighted by Crippen LogP contribution is 2.38. The lowest BCUT2D eigenvalue weighted by Crippen LogP contribution is -2.55. The van der Waals surface area contributed by atoms with Gasteiger partial charge in [-0.05, 0) is 42.6 Å². The predicted molar refractivity (Wildman–Crippen MR) is 133 cm³/mol. The summed E-state index contributed by atoms with van der Waals surface area (Å²) in [4.78, 5) is 4.28. The molecule has 6 rings (SSSR count). The van der Waals surface area contributed by atoms with Gasteiger partial charge < -0.3 is 28.9 Å². The van der Waals surface area contributed by atoms with E-state index in [1.807, 2.05) is 41.8 Å². The maximum atomic E-state index is 10.6. The SMILES string of the molecule is CC(O)C(Oc1ccccc1-c1noc2ccsc12)N1CCN(c2noc3cc(O)ccc23)CC1. The van der Waals surface area contributed by atoms with Crippen molar-refractivity contribution in [2.24, 2.45) is 0 Å². The Balaban J connectivity index is 1.21. The molecule has 2 aromatic carbocycles. The fourth-order valence-corrected chi connectivity index (χ4v) is 5.36. The van der Waals surface area contributed by atoms with Crippen LogP contribution >= 0.6 is 11.3 Å². The number of phenolic OH excluding ortho intramolecular Hbond substituents is 1. The van der Waals surface area contributed by atoms with Gasteiger partial charge in [0.2, 0.25) is 0 Å². The van der Waals surface area contributed by atoms with Gasteiger partial charge in [-0.15, -0.1) is 11.3 Å². The number of ether oxygens (including phenoxy) is 1. The van der Waals surface area contributed by atoms with E-state index in [0.29, 0.717) is 37.5 Å². The first-order valence-corrected chi connectivity index (χ1v) is 12.3. The highest BCUT2D eigenvalue weighted by Gasteiger charge is 2.31. The summed E-state index contributed by atoms with van der Waals surface area (Å²) in [6.45, 7) is 4.46. The molecule has 10 heteroatoms. The van der Waals surface area contributed by atoms with Crippen molar-refractivity contribution in [3.63, 3.8) is 0 Å². The Bertz CT molecular complexity index is 1470. The van der Waals surface area contributed by atoms with Crippen LogP contribution in [0.25, 0.3) is 32.5 Å². The summed E-state index contributed by atoms with van der Waals surface area (Å²) >= 11 is 1.57. The van der Waals surface area contributed by atoms with Crippen LogP contribution in [0.15, 0.2) is 63.0 Å². The van der Waals surface area contributed by atoms with E-state index in [9.17, 15) is 10.2 Å². The third-order valence-corrected chi connectivity index (χ3v) is 7.19. The van der Waals surface area contributed by atoms with E-state index < -0.39 is 12.3 Å². The maximum absolute atomic E-state index is 10.6. The van der Waals surface area contributed by atoms with E-state index in [2.05, 4.69) is 20.1 Å². The highest BCUT2D eigenvalue weighted by molar-refractivity contribution is 7.17. The van der Waals surface area contributed by atoms with Crippen LogP contribution in [0.5, 0.6) is 11.5 Å². The molecule has 5 aromatic rings. The highest BCUT2D eigenvalue weighted by atomic mass is 32.1. The number of aromatic nitrogens is 2. The smallest absolute Gasteiger partial charge is 0.180 e. The van der Waals surface area contributed by atoms with E-state index in [0.717, 1.165) is 32.7 Å². The van der Waals surface area contributed by atoms with Gasteiger partial charge >= 0.3 is 0 Å². The number of aromatic hydroxyl groups is 1. The molecule has 0 saturated carbocycles. The van der Waals surface area contributed by atoms with Crippen molar-refractivity contribution in [3.05, 3.63) is 53.9 Å². The summed E-state index contributed by atoms with van der Waals surface area (Å²) in [7, 11) is 0. The van der Waals surface area contributed by atoms with Gasteiger partial charge in [0.1, 0.15) is 28.0 Å². The minimum Gasteiger partial charge on any atom is -0.508 e. The van der Waals surface area contributed by atoms with Crippen molar-refractivity contribution >= 4 is 38.4 Å². The van der Waals surface area contributed by atoms with Gasteiger partial charge in [0.25, 0.3) is 0 Å². The second-order valence-corrected chi connectivity index (χ2v) is 9.52. The molecule has 2 N–H and O–H groups in total. The number of aliphatic hydroxyl groups is 1. The second-order valence-electron chi connectivity index (χ2n) is 8.60. The van der Waals surface area contributed by atoms with E-state index in [-0.39, 0.29) is 5.75 Å². The summed E-state index contributed by atoms with van der Waals surface area (Å²) in [6.07, 6.45) is -1.25. The molecule has 0 bridgehead atoms. The number of nitrogens with zero attached hydrogens (tertiary/aromatic N) is 4. The van der Waals surface area contributed by atoms with Crippen LogP contribution in [0, 0.1) is 0 Å². The number of anilines is 1. The zero-order valence-corrected chi connectivity index (χ0v) is 19.8. The first-order valence-electron chi connectivity index (χ1n) is 11.4. The largest absolute Gasteiger partial charge is 0.508 e. The third kappa shape index (κ3) is 3.99. The third-order valence-electron chi connectivity index (χ3n) is 6.29. The van der Waals surface area contributed by atoms with Crippen molar-refractivity contribution in [2.45, 2.75) is 19.3 Å². The summed E-state index contributed by atoms with van der Waals surface area (Å²) < 4.78 is 18.3. The molecule has 0 radical (unpaired) electrons. The minimum atomic E-state index is -0.718. The molecule has 0 spiro atoms. The molecule has 35 heavy (non-hydrogen) atoms. The molecule has 9 nitrogen and oxygen atoms in total. The zero-order chi connectivity index (χ0) is 23.9. The number of piperazine rings is 1. The second kappa shape index (κ2) is 8.88. The summed E-state index contributed by atoms with van der Waals surface area (Å²) in [5.74, 6) is 1.55. The van der Waals surface area contributed by atoms with Crippen LogP contribution in [-0.4, -0.2) is 63.9 Å². The van der Waals surface area contributed by atoms with Crippen LogP contribution in [0.2, 0.25) is 0 Å². The number of phenols is 1. The monoisotopic (exact) mass is 492 g/mol. The molecule has 3 aromatic heterocycles. The Morgan fingerprint density at radius 3 is 2.63 bits per heavy atom. The van der Waals surface area contributed by atoms with Crippen LogP contribution in [-0.2, 0) is 0 Å². The van der Waals surface area contributed by atoms with Gasteiger partial charge in [0, 0.05) is 37.8 Å². The first kappa shape index (κ1) is 21.9. The van der Waals surface area contributed by atoms with Crippen molar-refractivity contribution in [3.8, 4) is 22.8 Å². The minimum absolute atomic E-state index is 0.146. The number of thiophene rings is 1. The average molecular weight is 493 g/mol. The van der Waals surface area contributed by atoms with Crippen LogP contribution in [0.4, 0.5) is 5.82 Å². The van der Waals surface area contributed by atoms with Crippen LogP contribution in [0.1, 0.15) is 6.92 Å². The molecule has 1 fully saturated rings. The summed E-state index contributed by atoms with van der Waals surface area (Å²) in [5.41, 5.74) is 2.87. The Morgan fingerprint density at radius 1 is 1.00 bits per heavy atom. The summed E-state index contributed by atoms with van der Waals surface area (Å²) in [5, 5.41) is 31.6. The van der Waals surface area contributed by atoms with E-state index >= 15 is 0 Å². The fraction of sp³-hybridized carbons (Fsp3) is 0.280. The normalized spacial score (nSPS) is 16.7. The van der Waals surface area contributed by atoms with E-state index in [1.165, 1.54) is 0 Å². The van der Waals surface area contributed by atoms with Gasteiger partial charge in [0.05, 0.1) is 5.39 Å². The number of benzene rings is 2. The Morgan fingerprint density at radius 2 is 1.80 bits per heavy atom. The van der Waals surface area contributed by atoms with Crippen LogP contribution < -0.4 is 9.64 Å². The Labute approximate surface area is 204 Å². The van der Waals surface area contributed by atoms with Crippen molar-refractivity contribution < 1.29 is 24.0 Å². The molecular formula is C25H24N4O5S. The van der Waals surface area contributed by atoms with Gasteiger partial charge in [-0.1, -0.05) is 22.4 Å². The predicted octanol–water partition coefficient (Wildman–Crippen LogP) is 4.31. The lowest BCUT2D eigenvalue weighted by atomic mass is 10.1. The van der Waals surface area contributed by atoms with Crippen molar-refractivity contribution in [2.75, 3.05) is 31.1 Å². The molecule has 0 aliphatic carbocycles. The van der Waals surface area contributed by atoms with E-state index in [4.69, 9.17) is 13.8 Å². The number of para-hydroxylation sites is 1. The number of hydrogen-bond donors (Lipinski definition) is 2. The molecule has 0 amide bonds. The number of rotatable bonds is 6. The van der Waals surface area contributed by atoms with Crippen molar-refractivity contribution in [1.82, 2.24) is 15.2 Å². The lowest BCUT2D eigenvalue weighted by Gasteiger charge is -2.40. The maximum Gasteiger partial charge on any atom is 0.180 e.